The predicted octanol–water partition coefficient (Wildman–Crippen LogP) is 16.2. The normalized spacial score (nSPS) is 12.0. The molecule has 6 heteroatoms. The van der Waals surface area contributed by atoms with Crippen molar-refractivity contribution < 1.29 is 4.42 Å². The second kappa shape index (κ2) is 14.0. The fourth-order valence-corrected chi connectivity index (χ4v) is 11.0. The Morgan fingerprint density at radius 2 is 0.969 bits per heavy atom. The van der Waals surface area contributed by atoms with Crippen molar-refractivity contribution in [1.29, 1.82) is 0 Å². The van der Waals surface area contributed by atoms with Crippen LogP contribution in [0.3, 0.4) is 0 Å². The Balaban J connectivity index is 1.08. The number of hydrogen-bond donors (Lipinski definition) is 0. The smallest absolute Gasteiger partial charge is 0.164 e. The van der Waals surface area contributed by atoms with Crippen LogP contribution in [-0.2, 0) is 0 Å². The van der Waals surface area contributed by atoms with Gasteiger partial charge in [-0.3, -0.25) is 0 Å². The molecule has 4 aromatic heterocycles. The van der Waals surface area contributed by atoms with Gasteiger partial charge in [-0.05, 0) is 87.3 Å². The fraction of sp³-hybridized carbons (Fsp3) is 0. The molecule has 0 bridgehead atoms. The highest BCUT2D eigenvalue weighted by Crippen LogP contribution is 2.44. The van der Waals surface area contributed by atoms with Gasteiger partial charge in [0.1, 0.15) is 5.58 Å². The maximum atomic E-state index is 7.03. The van der Waals surface area contributed by atoms with Gasteiger partial charge in [0.25, 0.3) is 0 Å². The highest BCUT2D eigenvalue weighted by atomic mass is 32.1. The average Bonchev–Trinajstić information content (AvgIpc) is 4.04. The van der Waals surface area contributed by atoms with Gasteiger partial charge in [0.2, 0.25) is 0 Å². The molecule has 0 saturated carbocycles. The van der Waals surface area contributed by atoms with Crippen LogP contribution >= 0.6 is 11.3 Å². The zero-order chi connectivity index (χ0) is 42.6. The lowest BCUT2D eigenvalue weighted by Crippen LogP contribution is -2.02. The van der Waals surface area contributed by atoms with Crippen LogP contribution in [0.4, 0.5) is 0 Å². The van der Waals surface area contributed by atoms with Gasteiger partial charge >= 0.3 is 0 Å². The molecule has 5 nitrogen and oxygen atoms in total. The van der Waals surface area contributed by atoms with E-state index in [0.717, 1.165) is 82.6 Å². The van der Waals surface area contributed by atoms with Crippen molar-refractivity contribution in [2.24, 2.45) is 0 Å². The summed E-state index contributed by atoms with van der Waals surface area (Å²) in [4.78, 5) is 16.2. The van der Waals surface area contributed by atoms with Gasteiger partial charge in [0, 0.05) is 58.4 Å². The summed E-state index contributed by atoms with van der Waals surface area (Å²) < 4.78 is 11.8. The van der Waals surface area contributed by atoms with Crippen LogP contribution in [0.2, 0.25) is 0 Å². The zero-order valence-corrected chi connectivity index (χ0v) is 35.6. The van der Waals surface area contributed by atoms with Gasteiger partial charge in [-0.1, -0.05) is 152 Å². The molecule has 0 spiro atoms. The summed E-state index contributed by atoms with van der Waals surface area (Å²) in [5, 5.41) is 11.4. The maximum Gasteiger partial charge on any atom is 0.164 e. The van der Waals surface area contributed by atoms with Gasteiger partial charge in [0.05, 0.1) is 16.7 Å². The third-order valence-corrected chi connectivity index (χ3v) is 14.1. The lowest BCUT2D eigenvalue weighted by molar-refractivity contribution is 0.667. The molecule has 0 aliphatic heterocycles. The van der Waals surface area contributed by atoms with E-state index in [9.17, 15) is 0 Å². The first-order chi connectivity index (χ1) is 32.2. The van der Waals surface area contributed by atoms with Crippen LogP contribution in [0.1, 0.15) is 0 Å². The number of rotatable bonds is 5. The van der Waals surface area contributed by atoms with E-state index in [1.54, 1.807) is 11.3 Å². The van der Waals surface area contributed by atoms with E-state index in [1.165, 1.54) is 36.3 Å². The highest BCUT2D eigenvalue weighted by Gasteiger charge is 2.23. The van der Waals surface area contributed by atoms with Gasteiger partial charge < -0.3 is 8.98 Å². The number of thiophene rings is 1. The minimum absolute atomic E-state index is 0.582. The molecule has 65 heavy (non-hydrogen) atoms. The molecule has 302 valence electrons. The number of furan rings is 1. The van der Waals surface area contributed by atoms with Crippen molar-refractivity contribution in [2.75, 3.05) is 0 Å². The Kier molecular flexibility index (Phi) is 7.79. The Bertz CT molecular complexity index is 4240. The standard InChI is InChI=1S/C59H34N4OS/c1-2-13-35(14-3-1)36-25-27-37(28-26-36)57-60-58(62-59(61-57)45-21-12-24-54-55(45)44-20-9-11-23-53(44)65-54)42-31-48-47-30-39-16-5-7-18-41(39)34-52(47)64-56(48)51(33-42)63-49-22-10-8-19-43(49)46-29-38-15-4-6-17-40(38)32-50(46)63/h1-34H. The van der Waals surface area contributed by atoms with E-state index >= 15 is 0 Å². The average molecular weight is 847 g/mol. The minimum Gasteiger partial charge on any atom is -0.454 e. The Morgan fingerprint density at radius 3 is 1.77 bits per heavy atom. The van der Waals surface area contributed by atoms with Crippen molar-refractivity contribution in [2.45, 2.75) is 0 Å². The first-order valence-corrected chi connectivity index (χ1v) is 22.6. The molecule has 0 atom stereocenters. The SMILES string of the molecule is c1ccc(-c2ccc(-c3nc(-c4cc(-n5c6ccccc6c6cc7ccccc7cc65)c5oc6cc7ccccc7cc6c5c4)nc(-c4cccc5sc6ccccc6c45)n3)cc2)cc1. The van der Waals surface area contributed by atoms with E-state index in [-0.39, 0.29) is 0 Å². The van der Waals surface area contributed by atoms with Crippen molar-refractivity contribution in [3.8, 4) is 51.0 Å². The Morgan fingerprint density at radius 1 is 0.369 bits per heavy atom. The summed E-state index contributed by atoms with van der Waals surface area (Å²) >= 11 is 1.79. The molecule has 0 aliphatic rings. The van der Waals surface area contributed by atoms with Gasteiger partial charge in [-0.25, -0.2) is 15.0 Å². The van der Waals surface area contributed by atoms with Crippen LogP contribution in [-0.4, -0.2) is 19.5 Å². The molecule has 0 aliphatic carbocycles. The number of nitrogens with zero attached hydrogens (tertiary/aromatic N) is 4. The second-order valence-corrected chi connectivity index (χ2v) is 17.8. The summed E-state index contributed by atoms with van der Waals surface area (Å²) in [5.74, 6) is 1.81. The monoisotopic (exact) mass is 846 g/mol. The molecule has 14 rings (SSSR count). The zero-order valence-electron chi connectivity index (χ0n) is 34.7. The number of para-hydroxylation sites is 1. The van der Waals surface area contributed by atoms with Crippen LogP contribution in [0, 0.1) is 0 Å². The van der Waals surface area contributed by atoms with Crippen LogP contribution in [0.15, 0.2) is 211 Å². The lowest BCUT2D eigenvalue weighted by atomic mass is 10.0. The number of aromatic nitrogens is 4. The molecule has 0 unspecified atom stereocenters. The summed E-state index contributed by atoms with van der Waals surface area (Å²) in [6, 6.07) is 73.3. The van der Waals surface area contributed by atoms with Crippen molar-refractivity contribution in [3.05, 3.63) is 206 Å². The fourth-order valence-electron chi connectivity index (χ4n) is 9.91. The number of fused-ring (bicyclic) bond motifs is 11. The molecule has 10 aromatic carbocycles. The van der Waals surface area contributed by atoms with Crippen LogP contribution in [0.5, 0.6) is 0 Å². The van der Waals surface area contributed by atoms with Gasteiger partial charge in [0.15, 0.2) is 23.1 Å². The van der Waals surface area contributed by atoms with E-state index in [0.29, 0.717) is 17.5 Å². The lowest BCUT2D eigenvalue weighted by Gasteiger charge is -2.13. The Hall–Kier alpha value is -8.45. The largest absolute Gasteiger partial charge is 0.454 e. The minimum atomic E-state index is 0.582. The van der Waals surface area contributed by atoms with Crippen LogP contribution < -0.4 is 0 Å². The molecule has 0 fully saturated rings. The third-order valence-electron chi connectivity index (χ3n) is 13.0. The van der Waals surface area contributed by atoms with Crippen molar-refractivity contribution in [1.82, 2.24) is 19.5 Å². The molecular formula is C59H34N4OS. The molecule has 0 N–H and O–H groups in total. The molecular weight excluding hydrogens is 813 g/mol. The maximum absolute atomic E-state index is 7.03. The predicted molar refractivity (Wildman–Crippen MR) is 271 cm³/mol. The van der Waals surface area contributed by atoms with E-state index in [2.05, 4.69) is 205 Å². The summed E-state index contributed by atoms with van der Waals surface area (Å²) in [6.45, 7) is 0. The van der Waals surface area contributed by atoms with Gasteiger partial charge in [-0.2, -0.15) is 0 Å². The molecule has 0 saturated heterocycles. The highest BCUT2D eigenvalue weighted by molar-refractivity contribution is 7.25. The number of benzene rings is 10. The van der Waals surface area contributed by atoms with Gasteiger partial charge in [-0.15, -0.1) is 11.3 Å². The molecule has 4 heterocycles. The first-order valence-electron chi connectivity index (χ1n) is 21.8. The molecule has 14 aromatic rings. The van der Waals surface area contributed by atoms with E-state index in [1.807, 2.05) is 6.07 Å². The third kappa shape index (κ3) is 5.67. The quantitative estimate of drug-likeness (QED) is 0.173. The van der Waals surface area contributed by atoms with Crippen molar-refractivity contribution in [3.63, 3.8) is 0 Å². The van der Waals surface area contributed by atoms with E-state index in [4.69, 9.17) is 19.4 Å². The number of hydrogen-bond acceptors (Lipinski definition) is 5. The van der Waals surface area contributed by atoms with Crippen molar-refractivity contribution >= 4 is 96.8 Å². The topological polar surface area (TPSA) is 56.7 Å². The molecule has 0 amide bonds. The summed E-state index contributed by atoms with van der Waals surface area (Å²) in [7, 11) is 0. The summed E-state index contributed by atoms with van der Waals surface area (Å²) in [6.07, 6.45) is 0. The first kappa shape index (κ1) is 36.1. The van der Waals surface area contributed by atoms with E-state index < -0.39 is 0 Å². The summed E-state index contributed by atoms with van der Waals surface area (Å²) in [5.41, 5.74) is 9.77. The molecule has 0 radical (unpaired) electrons. The van der Waals surface area contributed by atoms with Crippen LogP contribution in [0.25, 0.3) is 136 Å². The second-order valence-electron chi connectivity index (χ2n) is 16.8. The Labute approximate surface area is 376 Å².